The maximum atomic E-state index is 13.3. The SMILES string of the molecule is C[C@]1(C(=O)N2Cc3cc(S(C)(=O)=O)ccc3C2C(=O)Nc2ccc(C(O)(C(F)(F)F)C(F)(F)F)cc2)CCO1. The molecule has 0 saturated carbocycles. The third-order valence-electron chi connectivity index (χ3n) is 6.84. The molecule has 212 valence electrons. The number of nitrogens with one attached hydrogen (secondary N) is 1. The summed E-state index contributed by atoms with van der Waals surface area (Å²) >= 11 is 0. The highest BCUT2D eigenvalue weighted by Crippen LogP contribution is 2.50. The first kappa shape index (κ1) is 28.8. The van der Waals surface area contributed by atoms with E-state index in [0.717, 1.165) is 18.4 Å². The van der Waals surface area contributed by atoms with Crippen LogP contribution in [0.15, 0.2) is 47.4 Å². The Morgan fingerprint density at radius 1 is 1.05 bits per heavy atom. The van der Waals surface area contributed by atoms with Gasteiger partial charge in [-0.3, -0.25) is 9.59 Å². The van der Waals surface area contributed by atoms with E-state index < -0.39 is 56.8 Å². The number of sulfone groups is 1. The number of hydrogen-bond donors (Lipinski definition) is 2. The Hall–Kier alpha value is -3.17. The van der Waals surface area contributed by atoms with Crippen LogP contribution in [0.2, 0.25) is 0 Å². The molecule has 0 aromatic heterocycles. The highest BCUT2D eigenvalue weighted by atomic mass is 32.2. The molecule has 8 nitrogen and oxygen atoms in total. The first-order chi connectivity index (χ1) is 17.8. The second kappa shape index (κ2) is 9.20. The van der Waals surface area contributed by atoms with Crippen molar-refractivity contribution < 1.29 is 54.2 Å². The summed E-state index contributed by atoms with van der Waals surface area (Å²) in [5.74, 6) is -1.41. The van der Waals surface area contributed by atoms with Crippen molar-refractivity contribution in [2.24, 2.45) is 0 Å². The minimum Gasteiger partial charge on any atom is -0.369 e. The van der Waals surface area contributed by atoms with Crippen molar-refractivity contribution in [3.05, 3.63) is 59.2 Å². The van der Waals surface area contributed by atoms with Gasteiger partial charge in [0, 0.05) is 30.5 Å². The second-order valence-electron chi connectivity index (χ2n) is 9.57. The van der Waals surface area contributed by atoms with Gasteiger partial charge in [-0.1, -0.05) is 18.2 Å². The number of hydrogen-bond acceptors (Lipinski definition) is 6. The fraction of sp³-hybridized carbons (Fsp3) is 0.417. The molecule has 2 N–H and O–H groups in total. The average molecular weight is 581 g/mol. The predicted octanol–water partition coefficient (Wildman–Crippen LogP) is 3.60. The molecule has 0 spiro atoms. The van der Waals surface area contributed by atoms with Gasteiger partial charge in [0.15, 0.2) is 9.84 Å². The highest BCUT2D eigenvalue weighted by Gasteiger charge is 2.71. The van der Waals surface area contributed by atoms with Crippen molar-refractivity contribution in [1.82, 2.24) is 4.90 Å². The van der Waals surface area contributed by atoms with Gasteiger partial charge in [-0.05, 0) is 42.3 Å². The van der Waals surface area contributed by atoms with Crippen LogP contribution in [0, 0.1) is 0 Å². The first-order valence-electron chi connectivity index (χ1n) is 11.3. The molecule has 1 fully saturated rings. The van der Waals surface area contributed by atoms with Gasteiger partial charge in [0.1, 0.15) is 11.6 Å². The Bertz CT molecular complexity index is 1400. The van der Waals surface area contributed by atoms with Crippen molar-refractivity contribution in [3.8, 4) is 0 Å². The zero-order chi connectivity index (χ0) is 29.2. The van der Waals surface area contributed by atoms with Gasteiger partial charge < -0.3 is 20.1 Å². The van der Waals surface area contributed by atoms with Crippen LogP contribution >= 0.6 is 0 Å². The van der Waals surface area contributed by atoms with E-state index in [4.69, 9.17) is 4.74 Å². The Labute approximate surface area is 218 Å². The van der Waals surface area contributed by atoms with Crippen LogP contribution in [-0.4, -0.2) is 61.1 Å². The van der Waals surface area contributed by atoms with E-state index in [2.05, 4.69) is 5.32 Å². The van der Waals surface area contributed by atoms with E-state index >= 15 is 0 Å². The molecule has 0 bridgehead atoms. The molecule has 4 rings (SSSR count). The summed E-state index contributed by atoms with van der Waals surface area (Å²) < 4.78 is 108. The lowest BCUT2D eigenvalue weighted by Gasteiger charge is -2.41. The quantitative estimate of drug-likeness (QED) is 0.523. The Kier molecular flexibility index (Phi) is 6.80. The van der Waals surface area contributed by atoms with E-state index in [1.54, 1.807) is 0 Å². The molecular weight excluding hydrogens is 558 g/mol. The summed E-state index contributed by atoms with van der Waals surface area (Å²) in [6.45, 7) is 1.70. The highest BCUT2D eigenvalue weighted by molar-refractivity contribution is 7.90. The van der Waals surface area contributed by atoms with Crippen molar-refractivity contribution in [2.45, 2.75) is 54.4 Å². The van der Waals surface area contributed by atoms with Crippen molar-refractivity contribution >= 4 is 27.3 Å². The minimum absolute atomic E-state index is 0.0433. The molecule has 2 amide bonds. The number of fused-ring (bicyclic) bond motifs is 1. The summed E-state index contributed by atoms with van der Waals surface area (Å²) in [5, 5.41) is 11.9. The number of rotatable bonds is 5. The smallest absolute Gasteiger partial charge is 0.369 e. The average Bonchev–Trinajstić information content (AvgIpc) is 3.19. The molecule has 2 atom stereocenters. The van der Waals surface area contributed by atoms with Crippen LogP contribution < -0.4 is 5.32 Å². The summed E-state index contributed by atoms with van der Waals surface area (Å²) in [6, 6.07) is 4.90. The van der Waals surface area contributed by atoms with Gasteiger partial charge in [0.25, 0.3) is 17.4 Å². The molecule has 0 aliphatic carbocycles. The number of nitrogens with zero attached hydrogens (tertiary/aromatic N) is 1. The molecule has 15 heteroatoms. The molecule has 0 radical (unpaired) electrons. The lowest BCUT2D eigenvalue weighted by molar-refractivity contribution is -0.376. The van der Waals surface area contributed by atoms with Gasteiger partial charge in [-0.15, -0.1) is 0 Å². The zero-order valence-corrected chi connectivity index (χ0v) is 21.2. The van der Waals surface area contributed by atoms with Gasteiger partial charge in [-0.25, -0.2) is 8.42 Å². The normalized spacial score (nSPS) is 21.8. The molecular formula is C24H22F6N2O6S. The van der Waals surface area contributed by atoms with E-state index in [9.17, 15) is 49.5 Å². The van der Waals surface area contributed by atoms with Gasteiger partial charge in [0.05, 0.1) is 11.5 Å². The fourth-order valence-electron chi connectivity index (χ4n) is 4.51. The molecule has 2 aliphatic heterocycles. The monoisotopic (exact) mass is 580 g/mol. The van der Waals surface area contributed by atoms with Crippen LogP contribution in [0.1, 0.15) is 36.1 Å². The van der Waals surface area contributed by atoms with Crippen LogP contribution in [0.3, 0.4) is 0 Å². The summed E-state index contributed by atoms with van der Waals surface area (Å²) in [6.07, 6.45) is -10.8. The van der Waals surface area contributed by atoms with E-state index in [1.165, 1.54) is 30.0 Å². The van der Waals surface area contributed by atoms with Crippen LogP contribution in [0.5, 0.6) is 0 Å². The van der Waals surface area contributed by atoms with Gasteiger partial charge in [0.2, 0.25) is 0 Å². The lowest BCUT2D eigenvalue weighted by atomic mass is 9.92. The number of ether oxygens (including phenoxy) is 1. The second-order valence-corrected chi connectivity index (χ2v) is 11.6. The first-order valence-corrected chi connectivity index (χ1v) is 13.2. The standard InChI is InChI=1S/C24H22F6N2O6S/c1-21(9-10-38-21)20(34)32-12-13-11-16(39(2,36)37)7-8-17(13)18(32)19(33)31-15-5-3-14(4-6-15)22(35,23(25,26)27)24(28,29)30/h3-8,11,18,35H,9-10,12H2,1-2H3,(H,31,33)/t18?,21-/m1/s1. The van der Waals surface area contributed by atoms with Crippen molar-refractivity contribution in [3.63, 3.8) is 0 Å². The van der Waals surface area contributed by atoms with Gasteiger partial charge >= 0.3 is 12.4 Å². The molecule has 2 aromatic rings. The number of carbonyl (C=O) groups is 2. The minimum atomic E-state index is -6.07. The molecule has 2 heterocycles. The number of aliphatic hydroxyl groups is 1. The van der Waals surface area contributed by atoms with Crippen molar-refractivity contribution in [1.29, 1.82) is 0 Å². The lowest BCUT2D eigenvalue weighted by Crippen LogP contribution is -2.55. The number of anilines is 1. The number of halogens is 6. The third kappa shape index (κ3) is 4.87. The summed E-state index contributed by atoms with van der Waals surface area (Å²) in [5.41, 5.74) is -7.42. The van der Waals surface area contributed by atoms with Crippen molar-refractivity contribution in [2.75, 3.05) is 18.2 Å². The maximum absolute atomic E-state index is 13.3. The molecule has 39 heavy (non-hydrogen) atoms. The Morgan fingerprint density at radius 3 is 2.08 bits per heavy atom. The van der Waals surface area contributed by atoms with Crippen LogP contribution in [0.25, 0.3) is 0 Å². The van der Waals surface area contributed by atoms with Crippen LogP contribution in [-0.2, 0) is 36.3 Å². The number of amides is 2. The third-order valence-corrected chi connectivity index (χ3v) is 7.95. The Morgan fingerprint density at radius 2 is 1.62 bits per heavy atom. The van der Waals surface area contributed by atoms with Crippen LogP contribution in [0.4, 0.5) is 32.0 Å². The van der Waals surface area contributed by atoms with E-state index in [0.29, 0.717) is 30.7 Å². The summed E-state index contributed by atoms with van der Waals surface area (Å²) in [4.78, 5) is 27.7. The maximum Gasteiger partial charge on any atom is 0.430 e. The molecule has 1 unspecified atom stereocenters. The summed E-state index contributed by atoms with van der Waals surface area (Å²) in [7, 11) is -3.62. The van der Waals surface area contributed by atoms with E-state index in [1.807, 2.05) is 0 Å². The fourth-order valence-corrected chi connectivity index (χ4v) is 5.18. The van der Waals surface area contributed by atoms with E-state index in [-0.39, 0.29) is 22.7 Å². The number of benzene rings is 2. The Balaban J connectivity index is 1.66. The number of alkyl halides is 6. The molecule has 1 saturated heterocycles. The molecule has 2 aromatic carbocycles. The molecule has 2 aliphatic rings. The topological polar surface area (TPSA) is 113 Å². The largest absolute Gasteiger partial charge is 0.430 e. The number of carbonyl (C=O) groups excluding carboxylic acids is 2. The predicted molar refractivity (Wildman–Crippen MR) is 123 cm³/mol. The van der Waals surface area contributed by atoms with Gasteiger partial charge in [-0.2, -0.15) is 26.3 Å². The zero-order valence-electron chi connectivity index (χ0n) is 20.4.